The summed E-state index contributed by atoms with van der Waals surface area (Å²) < 4.78 is 71.7. The van der Waals surface area contributed by atoms with Crippen molar-refractivity contribution in [2.24, 2.45) is 13.0 Å². The van der Waals surface area contributed by atoms with E-state index < -0.39 is 42.0 Å². The summed E-state index contributed by atoms with van der Waals surface area (Å²) in [6, 6.07) is 0. The lowest BCUT2D eigenvalue weighted by molar-refractivity contribution is -0.142. The molecule has 3 aromatic heterocycles. The predicted molar refractivity (Wildman–Crippen MR) is 99.0 cm³/mol. The molecule has 12 heteroatoms. The number of rotatable bonds is 4. The second-order valence-electron chi connectivity index (χ2n) is 7.34. The zero-order valence-electron chi connectivity index (χ0n) is 16.0. The van der Waals surface area contributed by atoms with Crippen LogP contribution in [0.15, 0.2) is 11.1 Å². The SMILES string of the molecule is CC1CCc2c(sc3ncn(Cc4c(C(F)(F)F)nn(C)c4OC(F)F)c(=O)c23)C1. The van der Waals surface area contributed by atoms with Crippen LogP contribution in [0.3, 0.4) is 0 Å². The average molecular weight is 448 g/mol. The van der Waals surface area contributed by atoms with Crippen LogP contribution in [0.5, 0.6) is 5.88 Å². The van der Waals surface area contributed by atoms with E-state index in [9.17, 15) is 26.7 Å². The number of aryl methyl sites for hydroxylation is 2. The van der Waals surface area contributed by atoms with Crippen molar-refractivity contribution >= 4 is 21.6 Å². The van der Waals surface area contributed by atoms with Crippen molar-refractivity contribution in [1.82, 2.24) is 19.3 Å². The zero-order chi connectivity index (χ0) is 21.8. The fraction of sp³-hybridized carbons (Fsp3) is 0.500. The monoisotopic (exact) mass is 448 g/mol. The number of hydrogen-bond acceptors (Lipinski definition) is 5. The number of thiophene rings is 1. The highest BCUT2D eigenvalue weighted by Gasteiger charge is 2.40. The highest BCUT2D eigenvalue weighted by Crippen LogP contribution is 2.37. The first-order valence-corrected chi connectivity index (χ1v) is 9.95. The van der Waals surface area contributed by atoms with Gasteiger partial charge in [-0.1, -0.05) is 6.92 Å². The number of aromatic nitrogens is 4. The maximum absolute atomic E-state index is 13.4. The average Bonchev–Trinajstić information content (AvgIpc) is 3.15. The number of hydrogen-bond donors (Lipinski definition) is 0. The van der Waals surface area contributed by atoms with E-state index in [-0.39, 0.29) is 0 Å². The smallest absolute Gasteiger partial charge is 0.417 e. The van der Waals surface area contributed by atoms with Gasteiger partial charge < -0.3 is 4.74 Å². The van der Waals surface area contributed by atoms with Crippen molar-refractivity contribution in [2.45, 2.75) is 45.5 Å². The molecule has 0 spiro atoms. The van der Waals surface area contributed by atoms with Crippen molar-refractivity contribution < 1.29 is 26.7 Å². The number of alkyl halides is 5. The van der Waals surface area contributed by atoms with E-state index >= 15 is 0 Å². The fourth-order valence-corrected chi connectivity index (χ4v) is 5.14. The summed E-state index contributed by atoms with van der Waals surface area (Å²) in [7, 11) is 1.07. The third-order valence-corrected chi connectivity index (χ3v) is 6.33. The Labute approximate surface area is 170 Å². The molecular formula is C18H17F5N4O2S. The fourth-order valence-electron chi connectivity index (χ4n) is 3.80. The van der Waals surface area contributed by atoms with Crippen molar-refractivity contribution in [3.8, 4) is 5.88 Å². The Hall–Kier alpha value is -2.50. The van der Waals surface area contributed by atoms with Crippen LogP contribution < -0.4 is 10.3 Å². The van der Waals surface area contributed by atoms with Gasteiger partial charge in [-0.15, -0.1) is 11.3 Å². The van der Waals surface area contributed by atoms with Gasteiger partial charge in [0.2, 0.25) is 5.88 Å². The summed E-state index contributed by atoms with van der Waals surface area (Å²) >= 11 is 1.41. The maximum atomic E-state index is 13.4. The maximum Gasteiger partial charge on any atom is 0.435 e. The van der Waals surface area contributed by atoms with Gasteiger partial charge in [0.25, 0.3) is 5.56 Å². The van der Waals surface area contributed by atoms with Crippen LogP contribution in [0.25, 0.3) is 10.2 Å². The quantitative estimate of drug-likeness (QED) is 0.567. The van der Waals surface area contributed by atoms with Gasteiger partial charge in [-0.2, -0.15) is 27.1 Å². The second kappa shape index (κ2) is 7.33. The van der Waals surface area contributed by atoms with Crippen LogP contribution >= 0.6 is 11.3 Å². The van der Waals surface area contributed by atoms with Gasteiger partial charge >= 0.3 is 12.8 Å². The molecular weight excluding hydrogens is 431 g/mol. The molecule has 1 aliphatic carbocycles. The lowest BCUT2D eigenvalue weighted by Gasteiger charge is -2.17. The van der Waals surface area contributed by atoms with E-state index in [1.807, 2.05) is 0 Å². The van der Waals surface area contributed by atoms with Gasteiger partial charge in [-0.25, -0.2) is 9.67 Å². The van der Waals surface area contributed by atoms with E-state index in [1.165, 1.54) is 11.3 Å². The molecule has 162 valence electrons. The molecule has 0 amide bonds. The number of halogens is 5. The van der Waals surface area contributed by atoms with Gasteiger partial charge in [-0.05, 0) is 30.7 Å². The van der Waals surface area contributed by atoms with Crippen LogP contribution in [0.4, 0.5) is 22.0 Å². The minimum Gasteiger partial charge on any atom is -0.417 e. The van der Waals surface area contributed by atoms with Crippen molar-refractivity contribution in [2.75, 3.05) is 0 Å². The summed E-state index contributed by atoms with van der Waals surface area (Å²) in [5.41, 5.74) is -1.65. The summed E-state index contributed by atoms with van der Waals surface area (Å²) in [4.78, 5) is 18.9. The van der Waals surface area contributed by atoms with Gasteiger partial charge in [0.05, 0.1) is 23.8 Å². The Morgan fingerprint density at radius 2 is 2.10 bits per heavy atom. The first-order chi connectivity index (χ1) is 14.1. The molecule has 3 aromatic rings. The summed E-state index contributed by atoms with van der Waals surface area (Å²) in [6.07, 6.45) is -1.35. The van der Waals surface area contributed by atoms with E-state index in [4.69, 9.17) is 0 Å². The Kier molecular flexibility index (Phi) is 5.07. The van der Waals surface area contributed by atoms with Crippen LogP contribution in [0.2, 0.25) is 0 Å². The number of ether oxygens (including phenoxy) is 1. The van der Waals surface area contributed by atoms with Gasteiger partial charge in [0.15, 0.2) is 5.69 Å². The Morgan fingerprint density at radius 3 is 2.77 bits per heavy atom. The van der Waals surface area contributed by atoms with Gasteiger partial charge in [0.1, 0.15) is 4.83 Å². The zero-order valence-corrected chi connectivity index (χ0v) is 16.8. The first kappa shape index (κ1) is 20.8. The molecule has 6 nitrogen and oxygen atoms in total. The van der Waals surface area contributed by atoms with Gasteiger partial charge in [-0.3, -0.25) is 9.36 Å². The molecule has 0 bridgehead atoms. The molecule has 0 N–H and O–H groups in total. The van der Waals surface area contributed by atoms with Crippen LogP contribution in [0.1, 0.15) is 35.0 Å². The Balaban J connectivity index is 1.83. The number of fused-ring (bicyclic) bond motifs is 3. The lowest BCUT2D eigenvalue weighted by Crippen LogP contribution is -2.23. The second-order valence-corrected chi connectivity index (χ2v) is 8.43. The van der Waals surface area contributed by atoms with Crippen molar-refractivity contribution in [1.29, 1.82) is 0 Å². The highest BCUT2D eigenvalue weighted by atomic mass is 32.1. The molecule has 1 atom stereocenters. The normalized spacial score (nSPS) is 17.0. The summed E-state index contributed by atoms with van der Waals surface area (Å²) in [5, 5.41) is 3.68. The number of nitrogens with zero attached hydrogens (tertiary/aromatic N) is 4. The minimum atomic E-state index is -4.91. The van der Waals surface area contributed by atoms with E-state index in [0.717, 1.165) is 41.2 Å². The molecule has 0 saturated carbocycles. The van der Waals surface area contributed by atoms with Crippen molar-refractivity contribution in [3.05, 3.63) is 38.4 Å². The third-order valence-electron chi connectivity index (χ3n) is 5.17. The van der Waals surface area contributed by atoms with Crippen LogP contribution in [-0.2, 0) is 32.6 Å². The van der Waals surface area contributed by atoms with Gasteiger partial charge in [0, 0.05) is 11.9 Å². The van der Waals surface area contributed by atoms with E-state index in [2.05, 4.69) is 21.7 Å². The molecule has 0 radical (unpaired) electrons. The minimum absolute atomic E-state index is 0.387. The molecule has 1 unspecified atom stereocenters. The van der Waals surface area contributed by atoms with E-state index in [0.29, 0.717) is 27.2 Å². The highest BCUT2D eigenvalue weighted by molar-refractivity contribution is 7.18. The molecule has 4 rings (SSSR count). The summed E-state index contributed by atoms with van der Waals surface area (Å²) in [6.45, 7) is -1.87. The first-order valence-electron chi connectivity index (χ1n) is 9.13. The lowest BCUT2D eigenvalue weighted by atomic mass is 9.89. The Morgan fingerprint density at radius 1 is 1.37 bits per heavy atom. The molecule has 3 heterocycles. The summed E-state index contributed by atoms with van der Waals surface area (Å²) in [5.74, 6) is -0.267. The van der Waals surface area contributed by atoms with E-state index in [1.54, 1.807) is 0 Å². The predicted octanol–water partition coefficient (Wildman–Crippen LogP) is 3.98. The van der Waals surface area contributed by atoms with Crippen LogP contribution in [-0.4, -0.2) is 25.9 Å². The molecule has 1 aliphatic rings. The molecule has 0 aliphatic heterocycles. The Bertz CT molecular complexity index is 1160. The van der Waals surface area contributed by atoms with Crippen molar-refractivity contribution in [3.63, 3.8) is 0 Å². The largest absolute Gasteiger partial charge is 0.435 e. The topological polar surface area (TPSA) is 61.9 Å². The molecule has 30 heavy (non-hydrogen) atoms. The molecule has 0 saturated heterocycles. The standard InChI is InChI=1S/C18H17F5N4O2S/c1-8-3-4-9-11(5-8)30-14-12(9)15(28)27(7-24-14)6-10-13(18(21,22)23)25-26(2)16(10)29-17(19)20/h7-8,17H,3-6H2,1-2H3. The van der Waals surface area contributed by atoms with Crippen LogP contribution in [0, 0.1) is 5.92 Å². The molecule has 0 fully saturated rings. The molecule has 0 aromatic carbocycles. The third kappa shape index (κ3) is 3.57.